The van der Waals surface area contributed by atoms with Crippen LogP contribution in [0.15, 0.2) is 47.3 Å². The number of ketones is 1. The molecular weight excluding hydrogens is 344 g/mol. The van der Waals surface area contributed by atoms with Gasteiger partial charge in [-0.25, -0.2) is 0 Å². The van der Waals surface area contributed by atoms with Crippen LogP contribution in [0.4, 0.5) is 5.69 Å². The van der Waals surface area contributed by atoms with Crippen molar-refractivity contribution in [3.8, 4) is 11.3 Å². The summed E-state index contributed by atoms with van der Waals surface area (Å²) in [6.07, 6.45) is 0.402. The Morgan fingerprint density at radius 2 is 1.81 bits per heavy atom. The molecule has 136 valence electrons. The highest BCUT2D eigenvalue weighted by molar-refractivity contribution is 6.26. The maximum atomic E-state index is 13.2. The van der Waals surface area contributed by atoms with Gasteiger partial charge in [-0.3, -0.25) is 14.4 Å². The highest BCUT2D eigenvalue weighted by atomic mass is 16.3. The van der Waals surface area contributed by atoms with Gasteiger partial charge in [0.05, 0.1) is 16.6 Å². The Labute approximate surface area is 155 Å². The number of fused-ring (bicyclic) bond motifs is 5. The van der Waals surface area contributed by atoms with Gasteiger partial charge in [0, 0.05) is 42.3 Å². The summed E-state index contributed by atoms with van der Waals surface area (Å²) < 4.78 is 1.56. The number of anilines is 1. The van der Waals surface area contributed by atoms with Gasteiger partial charge < -0.3 is 15.0 Å². The lowest BCUT2D eigenvalue weighted by molar-refractivity contribution is -0.114. The Kier molecular flexibility index (Phi) is 4.12. The molecule has 1 aromatic heterocycles. The molecule has 27 heavy (non-hydrogen) atoms. The van der Waals surface area contributed by atoms with Crippen molar-refractivity contribution in [2.45, 2.75) is 19.9 Å². The molecule has 0 radical (unpaired) electrons. The van der Waals surface area contributed by atoms with E-state index in [0.717, 1.165) is 5.56 Å². The fraction of sp³-hybridized carbons (Fsp3) is 0.190. The van der Waals surface area contributed by atoms with Crippen LogP contribution >= 0.6 is 0 Å². The second-order valence-electron chi connectivity index (χ2n) is 6.57. The van der Waals surface area contributed by atoms with Crippen LogP contribution in [0.3, 0.4) is 0 Å². The minimum Gasteiger partial charge on any atom is -0.396 e. The summed E-state index contributed by atoms with van der Waals surface area (Å²) in [5.74, 6) is -0.352. The van der Waals surface area contributed by atoms with E-state index in [1.165, 1.54) is 6.92 Å². The van der Waals surface area contributed by atoms with Crippen molar-refractivity contribution in [3.05, 3.63) is 63.9 Å². The first-order chi connectivity index (χ1) is 13.0. The summed E-state index contributed by atoms with van der Waals surface area (Å²) in [5, 5.41) is 12.9. The van der Waals surface area contributed by atoms with Gasteiger partial charge in [0.25, 0.3) is 5.56 Å². The highest BCUT2D eigenvalue weighted by Crippen LogP contribution is 2.39. The van der Waals surface area contributed by atoms with E-state index in [2.05, 4.69) is 5.32 Å². The number of amides is 1. The molecule has 1 amide bonds. The van der Waals surface area contributed by atoms with Crippen LogP contribution in [0.1, 0.15) is 29.3 Å². The summed E-state index contributed by atoms with van der Waals surface area (Å²) in [6, 6.07) is 12.2. The topological polar surface area (TPSA) is 88.4 Å². The Bertz CT molecular complexity index is 1160. The molecule has 1 aliphatic carbocycles. The first-order valence-corrected chi connectivity index (χ1v) is 8.76. The highest BCUT2D eigenvalue weighted by Gasteiger charge is 2.32. The molecule has 2 aromatic carbocycles. The molecule has 1 heterocycles. The summed E-state index contributed by atoms with van der Waals surface area (Å²) in [6.45, 7) is 1.65. The van der Waals surface area contributed by atoms with E-state index >= 15 is 0 Å². The Hall–Kier alpha value is -3.25. The van der Waals surface area contributed by atoms with Crippen molar-refractivity contribution in [1.29, 1.82) is 0 Å². The van der Waals surface area contributed by atoms with Crippen LogP contribution in [0.5, 0.6) is 0 Å². The van der Waals surface area contributed by atoms with E-state index in [0.29, 0.717) is 46.2 Å². The lowest BCUT2D eigenvalue weighted by atomic mass is 10.0. The van der Waals surface area contributed by atoms with Gasteiger partial charge in [-0.05, 0) is 18.6 Å². The zero-order chi connectivity index (χ0) is 19.1. The van der Waals surface area contributed by atoms with Crippen LogP contribution in [-0.2, 0) is 11.3 Å². The molecule has 6 nitrogen and oxygen atoms in total. The van der Waals surface area contributed by atoms with Crippen molar-refractivity contribution < 1.29 is 14.7 Å². The lowest BCUT2D eigenvalue weighted by Crippen LogP contribution is -2.24. The smallest absolute Gasteiger partial charge is 0.259 e. The molecule has 2 N–H and O–H groups in total. The molecule has 0 aliphatic heterocycles. The number of hydrogen-bond donors (Lipinski definition) is 2. The van der Waals surface area contributed by atoms with Gasteiger partial charge in [0.2, 0.25) is 5.91 Å². The van der Waals surface area contributed by atoms with Crippen LogP contribution in [-0.4, -0.2) is 28.0 Å². The van der Waals surface area contributed by atoms with Gasteiger partial charge in [-0.1, -0.05) is 30.3 Å². The van der Waals surface area contributed by atoms with Crippen LogP contribution in [0, 0.1) is 0 Å². The number of carbonyl (C=O) groups is 2. The number of aliphatic hydroxyl groups excluding tert-OH is 1. The zero-order valence-corrected chi connectivity index (χ0v) is 14.8. The number of benzene rings is 2. The summed E-state index contributed by atoms with van der Waals surface area (Å²) in [5.41, 5.74) is 2.67. The summed E-state index contributed by atoms with van der Waals surface area (Å²) >= 11 is 0. The van der Waals surface area contributed by atoms with Gasteiger partial charge in [0.1, 0.15) is 0 Å². The van der Waals surface area contributed by atoms with Crippen molar-refractivity contribution in [1.82, 2.24) is 4.57 Å². The van der Waals surface area contributed by atoms with E-state index in [-0.39, 0.29) is 23.9 Å². The van der Waals surface area contributed by atoms with Gasteiger partial charge >= 0.3 is 0 Å². The predicted molar refractivity (Wildman–Crippen MR) is 103 cm³/mol. The molecule has 0 bridgehead atoms. The van der Waals surface area contributed by atoms with Crippen molar-refractivity contribution in [3.63, 3.8) is 0 Å². The third-order valence-electron chi connectivity index (χ3n) is 4.79. The van der Waals surface area contributed by atoms with Crippen molar-refractivity contribution in [2.24, 2.45) is 0 Å². The molecule has 0 saturated heterocycles. The third-order valence-corrected chi connectivity index (χ3v) is 4.79. The van der Waals surface area contributed by atoms with E-state index in [1.807, 2.05) is 12.1 Å². The molecule has 4 rings (SSSR count). The number of nitrogens with one attached hydrogen (secondary N) is 1. The SMILES string of the molecule is CC(=O)Nc1ccc2c3c(n(CCCO)c(=O)c2c1)-c1ccccc1C3=O. The normalized spacial score (nSPS) is 12.1. The largest absolute Gasteiger partial charge is 0.396 e. The quantitative estimate of drug-likeness (QED) is 0.584. The van der Waals surface area contributed by atoms with E-state index < -0.39 is 0 Å². The number of pyridine rings is 1. The maximum absolute atomic E-state index is 13.2. The van der Waals surface area contributed by atoms with Crippen molar-refractivity contribution >= 4 is 28.2 Å². The average Bonchev–Trinajstić information content (AvgIpc) is 2.95. The Balaban J connectivity index is 2.07. The number of aliphatic hydroxyl groups is 1. The van der Waals surface area contributed by atoms with E-state index in [1.54, 1.807) is 34.9 Å². The molecule has 0 saturated carbocycles. The molecule has 0 fully saturated rings. The predicted octanol–water partition coefficient (Wildman–Crippen LogP) is 2.55. The van der Waals surface area contributed by atoms with Gasteiger partial charge in [-0.2, -0.15) is 0 Å². The van der Waals surface area contributed by atoms with Crippen LogP contribution < -0.4 is 10.9 Å². The molecule has 0 atom stereocenters. The second-order valence-corrected chi connectivity index (χ2v) is 6.57. The molecular formula is C21H18N2O4. The molecule has 3 aromatic rings. The number of rotatable bonds is 4. The molecule has 0 spiro atoms. The second kappa shape index (κ2) is 6.48. The number of hydrogen-bond acceptors (Lipinski definition) is 4. The molecule has 0 unspecified atom stereocenters. The lowest BCUT2D eigenvalue weighted by Gasteiger charge is -2.15. The fourth-order valence-electron chi connectivity index (χ4n) is 3.70. The molecule has 1 aliphatic rings. The minimum absolute atomic E-state index is 0.0548. The van der Waals surface area contributed by atoms with Gasteiger partial charge in [-0.15, -0.1) is 0 Å². The number of nitrogens with zero attached hydrogens (tertiary/aromatic N) is 1. The van der Waals surface area contributed by atoms with Crippen LogP contribution in [0.25, 0.3) is 22.0 Å². The zero-order valence-electron chi connectivity index (χ0n) is 14.8. The standard InChI is InChI=1S/C21H18N2O4/c1-12(25)22-13-7-8-14-17(11-13)21(27)23(9-4-10-24)19-15-5-2-3-6-16(15)20(26)18(14)19/h2-3,5-8,11,24H,4,9-10H2,1H3,(H,22,25). The number of aromatic nitrogens is 1. The Morgan fingerprint density at radius 3 is 2.52 bits per heavy atom. The summed E-state index contributed by atoms with van der Waals surface area (Å²) in [4.78, 5) is 37.6. The Morgan fingerprint density at radius 1 is 1.07 bits per heavy atom. The average molecular weight is 362 g/mol. The van der Waals surface area contributed by atoms with Crippen molar-refractivity contribution in [2.75, 3.05) is 11.9 Å². The molecule has 6 heteroatoms. The third kappa shape index (κ3) is 2.65. The van der Waals surface area contributed by atoms with E-state index in [4.69, 9.17) is 0 Å². The van der Waals surface area contributed by atoms with Gasteiger partial charge in [0.15, 0.2) is 5.78 Å². The summed E-state index contributed by atoms with van der Waals surface area (Å²) in [7, 11) is 0. The van der Waals surface area contributed by atoms with E-state index in [9.17, 15) is 19.5 Å². The maximum Gasteiger partial charge on any atom is 0.259 e. The monoisotopic (exact) mass is 362 g/mol. The minimum atomic E-state index is -0.242. The first kappa shape index (κ1) is 17.2. The van der Waals surface area contributed by atoms with Crippen LogP contribution in [0.2, 0.25) is 0 Å². The fourth-order valence-corrected chi connectivity index (χ4v) is 3.70. The first-order valence-electron chi connectivity index (χ1n) is 8.76. The number of carbonyl (C=O) groups excluding carboxylic acids is 2.